The molecule has 3 atom stereocenters. The van der Waals surface area contributed by atoms with E-state index in [-0.39, 0.29) is 0 Å². The molecule has 2 rings (SSSR count). The second kappa shape index (κ2) is 6.91. The largest absolute Gasteiger partial charge is 0.315 e. The number of nitrogens with one attached hydrogen (secondary N) is 1. The molecule has 2 heteroatoms. The lowest BCUT2D eigenvalue weighted by Gasteiger charge is -2.46. The van der Waals surface area contributed by atoms with E-state index >= 15 is 0 Å². The third kappa shape index (κ3) is 3.27. The predicted molar refractivity (Wildman–Crippen MR) is 78.9 cm³/mol. The van der Waals surface area contributed by atoms with Crippen molar-refractivity contribution in [3.8, 4) is 0 Å². The van der Waals surface area contributed by atoms with Crippen LogP contribution in [-0.2, 0) is 0 Å². The zero-order chi connectivity index (χ0) is 13.0. The highest BCUT2D eigenvalue weighted by Crippen LogP contribution is 2.32. The lowest BCUT2D eigenvalue weighted by Crippen LogP contribution is -2.55. The Bertz CT molecular complexity index is 235. The van der Waals surface area contributed by atoms with Gasteiger partial charge in [0.05, 0.1) is 0 Å². The predicted octanol–water partition coefficient (Wildman–Crippen LogP) is 3.42. The van der Waals surface area contributed by atoms with E-state index in [1.54, 1.807) is 0 Å². The monoisotopic (exact) mass is 252 g/mol. The zero-order valence-electron chi connectivity index (χ0n) is 12.6. The Morgan fingerprint density at radius 2 is 1.78 bits per heavy atom. The average Bonchev–Trinajstić information content (AvgIpc) is 2.41. The molecule has 18 heavy (non-hydrogen) atoms. The number of hydrogen-bond acceptors (Lipinski definition) is 2. The SMILES string of the molecule is CCN(C1CCCCC1)C1CC(C)CCC1NC. The van der Waals surface area contributed by atoms with Gasteiger partial charge in [-0.2, -0.15) is 0 Å². The van der Waals surface area contributed by atoms with E-state index in [0.29, 0.717) is 0 Å². The van der Waals surface area contributed by atoms with Gasteiger partial charge in [-0.05, 0) is 51.6 Å². The van der Waals surface area contributed by atoms with Gasteiger partial charge in [-0.3, -0.25) is 4.90 Å². The molecular weight excluding hydrogens is 220 g/mol. The molecule has 0 aromatic carbocycles. The van der Waals surface area contributed by atoms with Crippen LogP contribution in [-0.4, -0.2) is 36.6 Å². The smallest absolute Gasteiger partial charge is 0.0254 e. The van der Waals surface area contributed by atoms with E-state index in [1.165, 1.54) is 57.9 Å². The Labute approximate surface area is 114 Å². The molecule has 2 aliphatic carbocycles. The highest BCUT2D eigenvalue weighted by atomic mass is 15.2. The lowest BCUT2D eigenvalue weighted by molar-refractivity contribution is 0.0535. The van der Waals surface area contributed by atoms with Gasteiger partial charge >= 0.3 is 0 Å². The fourth-order valence-electron chi connectivity index (χ4n) is 4.23. The summed E-state index contributed by atoms with van der Waals surface area (Å²) in [5.74, 6) is 0.914. The third-order valence-electron chi connectivity index (χ3n) is 5.28. The van der Waals surface area contributed by atoms with Gasteiger partial charge in [0.1, 0.15) is 0 Å². The van der Waals surface area contributed by atoms with Gasteiger partial charge in [-0.1, -0.05) is 33.1 Å². The number of rotatable bonds is 4. The second-order valence-electron chi connectivity index (χ2n) is 6.50. The van der Waals surface area contributed by atoms with Crippen LogP contribution in [0.5, 0.6) is 0 Å². The summed E-state index contributed by atoms with van der Waals surface area (Å²) in [6.45, 7) is 6.04. The molecule has 1 N–H and O–H groups in total. The minimum Gasteiger partial charge on any atom is -0.315 e. The van der Waals surface area contributed by atoms with Crippen molar-refractivity contribution in [2.45, 2.75) is 83.3 Å². The molecule has 0 aliphatic heterocycles. The maximum absolute atomic E-state index is 3.59. The fourth-order valence-corrected chi connectivity index (χ4v) is 4.23. The Morgan fingerprint density at radius 3 is 2.39 bits per heavy atom. The molecule has 0 aromatic heterocycles. The normalized spacial score (nSPS) is 35.0. The first kappa shape index (κ1) is 14.3. The summed E-state index contributed by atoms with van der Waals surface area (Å²) in [6.07, 6.45) is 11.4. The number of hydrogen-bond donors (Lipinski definition) is 1. The van der Waals surface area contributed by atoms with Crippen LogP contribution in [0.25, 0.3) is 0 Å². The van der Waals surface area contributed by atoms with Crippen molar-refractivity contribution in [2.75, 3.05) is 13.6 Å². The van der Waals surface area contributed by atoms with Crippen LogP contribution >= 0.6 is 0 Å². The summed E-state index contributed by atoms with van der Waals surface area (Å²) in [5, 5.41) is 3.59. The molecule has 106 valence electrons. The molecule has 3 unspecified atom stereocenters. The fraction of sp³-hybridized carbons (Fsp3) is 1.00. The van der Waals surface area contributed by atoms with Crippen molar-refractivity contribution >= 4 is 0 Å². The standard InChI is InChI=1S/C16H32N2/c1-4-18(14-8-6-5-7-9-14)16-12-13(2)10-11-15(16)17-3/h13-17H,4-12H2,1-3H3. The molecule has 0 spiro atoms. The van der Waals surface area contributed by atoms with Crippen molar-refractivity contribution in [1.82, 2.24) is 10.2 Å². The van der Waals surface area contributed by atoms with Crippen LogP contribution in [0.15, 0.2) is 0 Å². The van der Waals surface area contributed by atoms with Gasteiger partial charge in [-0.25, -0.2) is 0 Å². The first-order valence-corrected chi connectivity index (χ1v) is 8.19. The molecule has 2 aliphatic rings. The summed E-state index contributed by atoms with van der Waals surface area (Å²) in [7, 11) is 2.16. The van der Waals surface area contributed by atoms with E-state index in [0.717, 1.165) is 24.0 Å². The van der Waals surface area contributed by atoms with Crippen LogP contribution < -0.4 is 5.32 Å². The topological polar surface area (TPSA) is 15.3 Å². The van der Waals surface area contributed by atoms with Crippen LogP contribution in [0, 0.1) is 5.92 Å². The van der Waals surface area contributed by atoms with E-state index < -0.39 is 0 Å². The first-order chi connectivity index (χ1) is 8.76. The summed E-state index contributed by atoms with van der Waals surface area (Å²) in [5.41, 5.74) is 0. The van der Waals surface area contributed by atoms with E-state index in [1.807, 2.05) is 0 Å². The van der Waals surface area contributed by atoms with Crippen molar-refractivity contribution in [1.29, 1.82) is 0 Å². The van der Waals surface area contributed by atoms with Crippen LogP contribution in [0.1, 0.15) is 65.2 Å². The summed E-state index contributed by atoms with van der Waals surface area (Å²) >= 11 is 0. The summed E-state index contributed by atoms with van der Waals surface area (Å²) in [4.78, 5) is 2.84. The Balaban J connectivity index is 2.03. The molecule has 2 saturated carbocycles. The van der Waals surface area contributed by atoms with Crippen molar-refractivity contribution < 1.29 is 0 Å². The Kier molecular flexibility index (Phi) is 5.50. The van der Waals surface area contributed by atoms with Crippen molar-refractivity contribution in [2.24, 2.45) is 5.92 Å². The minimum absolute atomic E-state index is 0.725. The van der Waals surface area contributed by atoms with E-state index in [2.05, 4.69) is 31.1 Å². The van der Waals surface area contributed by atoms with Gasteiger partial charge in [0.2, 0.25) is 0 Å². The number of likely N-dealkylation sites (N-methyl/N-ethyl adjacent to an activating group) is 2. The molecule has 0 amide bonds. The van der Waals surface area contributed by atoms with Gasteiger partial charge in [0.15, 0.2) is 0 Å². The molecule has 0 aromatic rings. The Morgan fingerprint density at radius 1 is 1.06 bits per heavy atom. The van der Waals surface area contributed by atoms with Crippen LogP contribution in [0.2, 0.25) is 0 Å². The van der Waals surface area contributed by atoms with E-state index in [9.17, 15) is 0 Å². The maximum Gasteiger partial charge on any atom is 0.0254 e. The quantitative estimate of drug-likeness (QED) is 0.825. The number of nitrogens with zero attached hydrogens (tertiary/aromatic N) is 1. The third-order valence-corrected chi connectivity index (χ3v) is 5.28. The summed E-state index contributed by atoms with van der Waals surface area (Å²) in [6, 6.07) is 2.38. The molecule has 0 bridgehead atoms. The molecule has 0 saturated heterocycles. The Hall–Kier alpha value is -0.0800. The molecule has 0 heterocycles. The van der Waals surface area contributed by atoms with Gasteiger partial charge in [-0.15, -0.1) is 0 Å². The maximum atomic E-state index is 3.59. The van der Waals surface area contributed by atoms with Crippen molar-refractivity contribution in [3.63, 3.8) is 0 Å². The average molecular weight is 252 g/mol. The first-order valence-electron chi connectivity index (χ1n) is 8.19. The lowest BCUT2D eigenvalue weighted by atomic mass is 9.81. The second-order valence-corrected chi connectivity index (χ2v) is 6.50. The molecule has 0 radical (unpaired) electrons. The highest BCUT2D eigenvalue weighted by molar-refractivity contribution is 4.92. The molecule has 2 nitrogen and oxygen atoms in total. The van der Waals surface area contributed by atoms with Gasteiger partial charge in [0, 0.05) is 18.1 Å². The minimum atomic E-state index is 0.725. The van der Waals surface area contributed by atoms with Crippen LogP contribution in [0.4, 0.5) is 0 Å². The van der Waals surface area contributed by atoms with Gasteiger partial charge < -0.3 is 5.32 Å². The van der Waals surface area contributed by atoms with Crippen molar-refractivity contribution in [3.05, 3.63) is 0 Å². The molecular formula is C16H32N2. The summed E-state index contributed by atoms with van der Waals surface area (Å²) < 4.78 is 0. The van der Waals surface area contributed by atoms with E-state index in [4.69, 9.17) is 0 Å². The van der Waals surface area contributed by atoms with Gasteiger partial charge in [0.25, 0.3) is 0 Å². The van der Waals surface area contributed by atoms with Crippen LogP contribution in [0.3, 0.4) is 0 Å². The molecule has 2 fully saturated rings. The zero-order valence-corrected chi connectivity index (χ0v) is 12.6. The highest BCUT2D eigenvalue weighted by Gasteiger charge is 2.34.